The Morgan fingerprint density at radius 2 is 1.84 bits per heavy atom. The van der Waals surface area contributed by atoms with Crippen LogP contribution in [0.5, 0.6) is 0 Å². The molecule has 5 heteroatoms. The average molecular weight is 271 g/mol. The van der Waals surface area contributed by atoms with Crippen LogP contribution in [0, 0.1) is 13.8 Å². The smallest absolute Gasteiger partial charge is 0.147 e. The molecular weight excluding hydrogens is 258 g/mol. The summed E-state index contributed by atoms with van der Waals surface area (Å²) in [6, 6.07) is 9.84. The van der Waals surface area contributed by atoms with Crippen molar-refractivity contribution < 1.29 is 4.52 Å². The molecule has 0 aliphatic heterocycles. The first-order chi connectivity index (χ1) is 9.22. The summed E-state index contributed by atoms with van der Waals surface area (Å²) in [7, 11) is 0. The number of aromatic nitrogens is 3. The van der Waals surface area contributed by atoms with Crippen LogP contribution in [0.3, 0.4) is 0 Å². The van der Waals surface area contributed by atoms with Crippen molar-refractivity contribution in [3.8, 4) is 0 Å². The molecule has 2 heterocycles. The second-order valence-electron chi connectivity index (χ2n) is 4.33. The molecule has 0 unspecified atom stereocenters. The lowest BCUT2D eigenvalue weighted by molar-refractivity contribution is 0.391. The van der Waals surface area contributed by atoms with Gasteiger partial charge in [-0.15, -0.1) is 0 Å². The van der Waals surface area contributed by atoms with E-state index in [1.54, 1.807) is 11.8 Å². The minimum Gasteiger partial charge on any atom is -0.360 e. The van der Waals surface area contributed by atoms with Crippen LogP contribution in [0.1, 0.15) is 17.1 Å². The first-order valence-electron chi connectivity index (χ1n) is 6.01. The van der Waals surface area contributed by atoms with Crippen molar-refractivity contribution in [3.63, 3.8) is 0 Å². The second-order valence-corrected chi connectivity index (χ2v) is 5.29. The third kappa shape index (κ3) is 2.61. The normalized spacial score (nSPS) is 11.1. The molecule has 1 aromatic carbocycles. The molecule has 0 N–H and O–H groups in total. The highest BCUT2D eigenvalue weighted by molar-refractivity contribution is 7.98. The third-order valence-electron chi connectivity index (χ3n) is 2.73. The van der Waals surface area contributed by atoms with E-state index in [1.165, 1.54) is 0 Å². The van der Waals surface area contributed by atoms with E-state index in [0.717, 1.165) is 33.2 Å². The molecule has 0 atom stereocenters. The number of benzene rings is 1. The number of aryl methyl sites for hydroxylation is 2. The zero-order chi connectivity index (χ0) is 13.2. The predicted molar refractivity (Wildman–Crippen MR) is 75.1 cm³/mol. The van der Waals surface area contributed by atoms with Gasteiger partial charge in [-0.3, -0.25) is 0 Å². The lowest BCUT2D eigenvalue weighted by atomic mass is 10.3. The quantitative estimate of drug-likeness (QED) is 0.682. The second kappa shape index (κ2) is 5.01. The van der Waals surface area contributed by atoms with Gasteiger partial charge in [0, 0.05) is 6.07 Å². The fourth-order valence-electron chi connectivity index (χ4n) is 1.83. The topological polar surface area (TPSA) is 51.8 Å². The molecule has 0 aliphatic rings. The van der Waals surface area contributed by atoms with Crippen LogP contribution >= 0.6 is 11.8 Å². The van der Waals surface area contributed by atoms with E-state index in [1.807, 2.05) is 44.2 Å². The summed E-state index contributed by atoms with van der Waals surface area (Å²) in [5.74, 6) is 1.58. The Balaban J connectivity index is 1.86. The summed E-state index contributed by atoms with van der Waals surface area (Å²) < 4.78 is 5.19. The van der Waals surface area contributed by atoms with Crippen LogP contribution in [-0.4, -0.2) is 15.1 Å². The average Bonchev–Trinajstić information content (AvgIpc) is 2.82. The standard InChI is InChI=1S/C14H13N3OS/c1-9-7-11(18-17-9)8-19-14-10(2)15-12-5-3-4-6-13(12)16-14/h3-7H,8H2,1-2H3. The first-order valence-corrected chi connectivity index (χ1v) is 6.99. The van der Waals surface area contributed by atoms with Crippen LogP contribution < -0.4 is 0 Å². The highest BCUT2D eigenvalue weighted by atomic mass is 32.2. The van der Waals surface area contributed by atoms with Gasteiger partial charge in [0.05, 0.1) is 28.2 Å². The Kier molecular flexibility index (Phi) is 3.21. The summed E-state index contributed by atoms with van der Waals surface area (Å²) in [5, 5.41) is 4.81. The maximum Gasteiger partial charge on any atom is 0.147 e. The molecule has 0 saturated carbocycles. The van der Waals surface area contributed by atoms with Gasteiger partial charge in [0.25, 0.3) is 0 Å². The largest absolute Gasteiger partial charge is 0.360 e. The molecule has 96 valence electrons. The third-order valence-corrected chi connectivity index (χ3v) is 3.82. The summed E-state index contributed by atoms with van der Waals surface area (Å²) in [5.41, 5.74) is 3.70. The summed E-state index contributed by atoms with van der Waals surface area (Å²) >= 11 is 1.62. The van der Waals surface area contributed by atoms with E-state index in [4.69, 9.17) is 4.52 Å². The highest BCUT2D eigenvalue weighted by Crippen LogP contribution is 2.25. The molecule has 0 aliphatic carbocycles. The van der Waals surface area contributed by atoms with Gasteiger partial charge < -0.3 is 4.52 Å². The van der Waals surface area contributed by atoms with Crippen molar-refractivity contribution in [2.45, 2.75) is 24.6 Å². The van der Waals surface area contributed by atoms with Gasteiger partial charge in [-0.25, -0.2) is 9.97 Å². The number of fused-ring (bicyclic) bond motifs is 1. The Bertz CT molecular complexity index is 724. The van der Waals surface area contributed by atoms with Gasteiger partial charge in [-0.05, 0) is 26.0 Å². The number of para-hydroxylation sites is 2. The van der Waals surface area contributed by atoms with Gasteiger partial charge >= 0.3 is 0 Å². The van der Waals surface area contributed by atoms with E-state index in [0.29, 0.717) is 5.75 Å². The first kappa shape index (κ1) is 12.2. The van der Waals surface area contributed by atoms with Crippen molar-refractivity contribution in [1.29, 1.82) is 0 Å². The summed E-state index contributed by atoms with van der Waals surface area (Å²) in [4.78, 5) is 9.20. The molecule has 0 bridgehead atoms. The van der Waals surface area contributed by atoms with Gasteiger partial charge in [-0.1, -0.05) is 29.1 Å². The van der Waals surface area contributed by atoms with Gasteiger partial charge in [0.2, 0.25) is 0 Å². The van der Waals surface area contributed by atoms with E-state index in [-0.39, 0.29) is 0 Å². The molecule has 4 nitrogen and oxygen atoms in total. The van der Waals surface area contributed by atoms with Crippen molar-refractivity contribution in [1.82, 2.24) is 15.1 Å². The van der Waals surface area contributed by atoms with Crippen molar-refractivity contribution in [2.75, 3.05) is 0 Å². The molecule has 19 heavy (non-hydrogen) atoms. The van der Waals surface area contributed by atoms with Gasteiger partial charge in [0.1, 0.15) is 10.8 Å². The molecule has 0 radical (unpaired) electrons. The molecule has 0 fully saturated rings. The molecule has 0 spiro atoms. The summed E-state index contributed by atoms with van der Waals surface area (Å²) in [6.07, 6.45) is 0. The monoisotopic (exact) mass is 271 g/mol. The fourth-order valence-corrected chi connectivity index (χ4v) is 2.67. The lowest BCUT2D eigenvalue weighted by Crippen LogP contribution is -1.92. The number of thioether (sulfide) groups is 1. The number of nitrogens with zero attached hydrogens (tertiary/aromatic N) is 3. The Morgan fingerprint density at radius 1 is 1.11 bits per heavy atom. The summed E-state index contributed by atoms with van der Waals surface area (Å²) in [6.45, 7) is 3.89. The molecule has 2 aromatic heterocycles. The van der Waals surface area contributed by atoms with Gasteiger partial charge in [-0.2, -0.15) is 0 Å². The van der Waals surface area contributed by atoms with Crippen LogP contribution in [0.25, 0.3) is 11.0 Å². The van der Waals surface area contributed by atoms with Crippen molar-refractivity contribution >= 4 is 22.8 Å². The Hall–Kier alpha value is -1.88. The fraction of sp³-hybridized carbons (Fsp3) is 0.214. The van der Waals surface area contributed by atoms with E-state index in [9.17, 15) is 0 Å². The molecule has 3 aromatic rings. The lowest BCUT2D eigenvalue weighted by Gasteiger charge is -2.04. The number of rotatable bonds is 3. The highest BCUT2D eigenvalue weighted by Gasteiger charge is 2.08. The van der Waals surface area contributed by atoms with Crippen molar-refractivity contribution in [3.05, 3.63) is 47.5 Å². The molecule has 3 rings (SSSR count). The van der Waals surface area contributed by atoms with E-state index in [2.05, 4.69) is 15.1 Å². The maximum atomic E-state index is 5.19. The minimum absolute atomic E-state index is 0.717. The zero-order valence-electron chi connectivity index (χ0n) is 10.8. The molecule has 0 amide bonds. The van der Waals surface area contributed by atoms with Crippen LogP contribution in [0.4, 0.5) is 0 Å². The van der Waals surface area contributed by atoms with Crippen molar-refractivity contribution in [2.24, 2.45) is 0 Å². The SMILES string of the molecule is Cc1cc(CSc2nc3ccccc3nc2C)on1. The van der Waals surface area contributed by atoms with E-state index < -0.39 is 0 Å². The van der Waals surface area contributed by atoms with Gasteiger partial charge in [0.15, 0.2) is 0 Å². The Labute approximate surface area is 115 Å². The predicted octanol–water partition coefficient (Wildman–Crippen LogP) is 3.53. The Morgan fingerprint density at radius 3 is 2.53 bits per heavy atom. The van der Waals surface area contributed by atoms with E-state index >= 15 is 0 Å². The zero-order valence-corrected chi connectivity index (χ0v) is 11.6. The number of hydrogen-bond acceptors (Lipinski definition) is 5. The van der Waals surface area contributed by atoms with Crippen LogP contribution in [0.15, 0.2) is 39.9 Å². The minimum atomic E-state index is 0.717. The maximum absolute atomic E-state index is 5.19. The molecular formula is C14H13N3OS. The van der Waals surface area contributed by atoms with Crippen LogP contribution in [-0.2, 0) is 5.75 Å². The van der Waals surface area contributed by atoms with Crippen LogP contribution in [0.2, 0.25) is 0 Å². The number of hydrogen-bond donors (Lipinski definition) is 0. The molecule has 0 saturated heterocycles.